The van der Waals surface area contributed by atoms with Gasteiger partial charge in [-0.2, -0.15) is 0 Å². The lowest BCUT2D eigenvalue weighted by molar-refractivity contribution is 0.0628. The number of hydrogen-bond donors (Lipinski definition) is 0. The van der Waals surface area contributed by atoms with Crippen molar-refractivity contribution in [2.24, 2.45) is 40.4 Å². The Labute approximate surface area is 167 Å². The molecule has 2 saturated carbocycles. The highest BCUT2D eigenvalue weighted by Gasteiger charge is 2.55. The van der Waals surface area contributed by atoms with E-state index in [1.54, 1.807) is 5.57 Å². The van der Waals surface area contributed by atoms with Crippen LogP contribution < -0.4 is 0 Å². The van der Waals surface area contributed by atoms with Crippen LogP contribution in [0, 0.1) is 40.4 Å². The van der Waals surface area contributed by atoms with E-state index >= 15 is 0 Å². The molecule has 4 rings (SSSR count). The molecule has 0 radical (unpaired) electrons. The van der Waals surface area contributed by atoms with Gasteiger partial charge in [-0.25, -0.2) is 0 Å². The predicted octanol–water partition coefficient (Wildman–Crippen LogP) is 7.89. The molecule has 6 atom stereocenters. The summed E-state index contributed by atoms with van der Waals surface area (Å²) < 4.78 is 0. The first-order valence-electron chi connectivity index (χ1n) is 11.6. The summed E-state index contributed by atoms with van der Waals surface area (Å²) in [6, 6.07) is 0. The van der Waals surface area contributed by atoms with Crippen LogP contribution in [-0.2, 0) is 0 Å². The fourth-order valence-electron chi connectivity index (χ4n) is 7.33. The Morgan fingerprint density at radius 2 is 1.78 bits per heavy atom. The van der Waals surface area contributed by atoms with Gasteiger partial charge in [-0.1, -0.05) is 95.9 Å². The Balaban J connectivity index is 1.54. The maximum Gasteiger partial charge on any atom is 0.0172 e. The second-order valence-electron chi connectivity index (χ2n) is 10.9. The van der Waals surface area contributed by atoms with Crippen LogP contribution in [0.2, 0.25) is 0 Å². The lowest BCUT2D eigenvalue weighted by Crippen LogP contribution is -2.44. The number of rotatable bonds is 5. The highest BCUT2D eigenvalue weighted by atomic mass is 14.6. The first-order chi connectivity index (χ1) is 12.9. The first kappa shape index (κ1) is 19.3. The van der Waals surface area contributed by atoms with Crippen LogP contribution in [0.4, 0.5) is 0 Å². The molecule has 0 heterocycles. The Hall–Kier alpha value is -1.04. The van der Waals surface area contributed by atoms with E-state index in [2.05, 4.69) is 71.1 Å². The van der Waals surface area contributed by atoms with Crippen molar-refractivity contribution in [3.05, 3.63) is 47.6 Å². The molecular formula is C27H40. The van der Waals surface area contributed by atoms with Crippen LogP contribution in [0.1, 0.15) is 79.6 Å². The normalized spacial score (nSPS) is 40.9. The molecule has 0 bridgehead atoms. The van der Waals surface area contributed by atoms with E-state index in [0.717, 1.165) is 29.6 Å². The van der Waals surface area contributed by atoms with Crippen LogP contribution in [0.3, 0.4) is 0 Å². The van der Waals surface area contributed by atoms with E-state index in [9.17, 15) is 0 Å². The molecule has 0 aliphatic heterocycles. The zero-order valence-corrected chi connectivity index (χ0v) is 18.3. The third-order valence-corrected chi connectivity index (χ3v) is 8.94. The van der Waals surface area contributed by atoms with Gasteiger partial charge in [-0.15, -0.1) is 0 Å². The van der Waals surface area contributed by atoms with Crippen molar-refractivity contribution in [3.63, 3.8) is 0 Å². The molecule has 0 heteroatoms. The van der Waals surface area contributed by atoms with Crippen molar-refractivity contribution < 1.29 is 0 Å². The van der Waals surface area contributed by atoms with Crippen LogP contribution in [0.5, 0.6) is 0 Å². The van der Waals surface area contributed by atoms with E-state index in [1.165, 1.54) is 50.5 Å². The molecule has 148 valence electrons. The van der Waals surface area contributed by atoms with Gasteiger partial charge in [0.05, 0.1) is 0 Å². The van der Waals surface area contributed by atoms with E-state index in [0.29, 0.717) is 5.41 Å². The molecule has 0 spiro atoms. The standard InChI is InChI=1S/C27H40/c1-19(2)9-8-10-20(3)23-14-15-24-22-13-12-21-11-6-7-17-26(21,4)25(22)16-18-27(23,24)5/h6-7,11-13,17,19-20,23-25H,8-10,14-16,18H2,1-5H3/t20-,23-,24+,25+,26+,27-/m1/s1. The number of fused-ring (bicyclic) bond motifs is 5. The van der Waals surface area contributed by atoms with Crippen LogP contribution in [0.15, 0.2) is 47.6 Å². The second-order valence-corrected chi connectivity index (χ2v) is 10.9. The molecule has 0 aromatic carbocycles. The van der Waals surface area contributed by atoms with Crippen molar-refractivity contribution in [1.29, 1.82) is 0 Å². The van der Waals surface area contributed by atoms with E-state index < -0.39 is 0 Å². The second kappa shape index (κ2) is 7.09. The van der Waals surface area contributed by atoms with Gasteiger partial charge in [-0.05, 0) is 66.3 Å². The average molecular weight is 365 g/mol. The summed E-state index contributed by atoms with van der Waals surface area (Å²) in [5, 5.41) is 0. The monoisotopic (exact) mass is 364 g/mol. The summed E-state index contributed by atoms with van der Waals surface area (Å²) in [4.78, 5) is 0. The van der Waals surface area contributed by atoms with E-state index in [-0.39, 0.29) is 5.41 Å². The summed E-state index contributed by atoms with van der Waals surface area (Å²) in [5.41, 5.74) is 4.10. The van der Waals surface area contributed by atoms with Crippen molar-refractivity contribution >= 4 is 0 Å². The zero-order chi connectivity index (χ0) is 19.2. The molecule has 0 saturated heterocycles. The van der Waals surface area contributed by atoms with Crippen molar-refractivity contribution in [1.82, 2.24) is 0 Å². The summed E-state index contributed by atoms with van der Waals surface area (Å²) in [6.45, 7) is 12.4. The highest BCUT2D eigenvalue weighted by molar-refractivity contribution is 5.48. The molecule has 0 aromatic heterocycles. The van der Waals surface area contributed by atoms with Gasteiger partial charge in [-0.3, -0.25) is 0 Å². The number of hydrogen-bond acceptors (Lipinski definition) is 0. The molecule has 4 aliphatic carbocycles. The minimum Gasteiger partial charge on any atom is -0.0736 e. The van der Waals surface area contributed by atoms with Gasteiger partial charge in [0.15, 0.2) is 0 Å². The maximum atomic E-state index is 2.66. The molecule has 2 fully saturated rings. The van der Waals surface area contributed by atoms with E-state index in [1.807, 2.05) is 0 Å². The fraction of sp³-hybridized carbons (Fsp3) is 0.704. The van der Waals surface area contributed by atoms with Gasteiger partial charge in [0.2, 0.25) is 0 Å². The third-order valence-electron chi connectivity index (χ3n) is 8.94. The largest absolute Gasteiger partial charge is 0.0736 e. The predicted molar refractivity (Wildman–Crippen MR) is 117 cm³/mol. The molecule has 27 heavy (non-hydrogen) atoms. The summed E-state index contributed by atoms with van der Waals surface area (Å²) in [5.74, 6) is 4.22. The Kier molecular flexibility index (Phi) is 5.06. The lowest BCUT2D eigenvalue weighted by atomic mass is 9.51. The third kappa shape index (κ3) is 3.12. The smallest absolute Gasteiger partial charge is 0.0172 e. The highest BCUT2D eigenvalue weighted by Crippen LogP contribution is 2.65. The van der Waals surface area contributed by atoms with Gasteiger partial charge in [0.25, 0.3) is 0 Å². The van der Waals surface area contributed by atoms with Crippen LogP contribution in [-0.4, -0.2) is 0 Å². The van der Waals surface area contributed by atoms with Crippen LogP contribution >= 0.6 is 0 Å². The zero-order valence-electron chi connectivity index (χ0n) is 18.3. The summed E-state index contributed by atoms with van der Waals surface area (Å²) in [7, 11) is 0. The molecule has 0 amide bonds. The molecule has 0 nitrogen and oxygen atoms in total. The molecule has 0 aromatic rings. The number of allylic oxidation sites excluding steroid dienone is 8. The Bertz CT molecular complexity index is 687. The fourth-order valence-corrected chi connectivity index (χ4v) is 7.33. The quantitative estimate of drug-likeness (QED) is 0.465. The molecule has 4 aliphatic rings. The minimum atomic E-state index is 0.237. The SMILES string of the molecule is CC(C)CCC[C@@H](C)[C@H]1CC[C@H]2C3=CC=C4C=CC=C[C@]4(C)[C@H]3CC[C@]12C. The summed E-state index contributed by atoms with van der Waals surface area (Å²) in [6.07, 6.45) is 24.2. The minimum absolute atomic E-state index is 0.237. The molecular weight excluding hydrogens is 324 g/mol. The molecule has 0 N–H and O–H groups in total. The Morgan fingerprint density at radius 1 is 0.963 bits per heavy atom. The van der Waals surface area contributed by atoms with Gasteiger partial charge in [0.1, 0.15) is 0 Å². The molecule has 0 unspecified atom stereocenters. The van der Waals surface area contributed by atoms with Gasteiger partial charge in [0, 0.05) is 5.41 Å². The van der Waals surface area contributed by atoms with Gasteiger partial charge < -0.3 is 0 Å². The topological polar surface area (TPSA) is 0 Å². The van der Waals surface area contributed by atoms with Crippen molar-refractivity contribution in [2.45, 2.75) is 79.6 Å². The van der Waals surface area contributed by atoms with E-state index in [4.69, 9.17) is 0 Å². The van der Waals surface area contributed by atoms with Crippen molar-refractivity contribution in [3.8, 4) is 0 Å². The summed E-state index contributed by atoms with van der Waals surface area (Å²) >= 11 is 0. The van der Waals surface area contributed by atoms with Crippen molar-refractivity contribution in [2.75, 3.05) is 0 Å². The Morgan fingerprint density at radius 3 is 2.56 bits per heavy atom. The first-order valence-corrected chi connectivity index (χ1v) is 11.6. The average Bonchev–Trinajstić information content (AvgIpc) is 2.98. The maximum absolute atomic E-state index is 2.66. The van der Waals surface area contributed by atoms with Gasteiger partial charge >= 0.3 is 0 Å². The lowest BCUT2D eigenvalue weighted by Gasteiger charge is -2.53. The van der Waals surface area contributed by atoms with Crippen LogP contribution in [0.25, 0.3) is 0 Å².